The molecule has 5 amide bonds. The average Bonchev–Trinajstić information content (AvgIpc) is 3.26. The molecule has 6 N–H and O–H groups in total. The Balaban J connectivity index is 1.42. The molecule has 4 rings (SSSR count). The zero-order valence-corrected chi connectivity index (χ0v) is 39.1. The molecular weight excluding hydrogens is 863 g/mol. The number of primary amides is 1. The molecule has 4 aromatic carbocycles. The minimum atomic E-state index is -1.18. The molecule has 0 aliphatic rings. The van der Waals surface area contributed by atoms with Crippen LogP contribution < -0.4 is 31.7 Å². The molecular formula is C50H61N5O10S. The molecule has 0 spiro atoms. The summed E-state index contributed by atoms with van der Waals surface area (Å²) in [6, 6.07) is 32.5. The Morgan fingerprint density at radius 3 is 1.59 bits per heavy atom. The smallest absolute Gasteiger partial charge is 0.412 e. The molecule has 0 aliphatic carbocycles. The molecule has 4 aromatic rings. The zero-order valence-electron chi connectivity index (χ0n) is 38.3. The van der Waals surface area contributed by atoms with Gasteiger partial charge in [0.1, 0.15) is 41.7 Å². The van der Waals surface area contributed by atoms with Gasteiger partial charge in [-0.05, 0) is 88.8 Å². The van der Waals surface area contributed by atoms with Gasteiger partial charge in [-0.15, -0.1) is 11.8 Å². The van der Waals surface area contributed by atoms with E-state index in [1.54, 1.807) is 53.7 Å². The van der Waals surface area contributed by atoms with Crippen LogP contribution in [0, 0.1) is 0 Å². The summed E-state index contributed by atoms with van der Waals surface area (Å²) in [5.41, 5.74) is 7.78. The molecule has 0 heterocycles. The Hall–Kier alpha value is -6.81. The van der Waals surface area contributed by atoms with Gasteiger partial charge in [0.15, 0.2) is 0 Å². The van der Waals surface area contributed by atoms with Gasteiger partial charge < -0.3 is 45.9 Å². The molecule has 15 nitrogen and oxygen atoms in total. The van der Waals surface area contributed by atoms with E-state index in [4.69, 9.17) is 24.7 Å². The van der Waals surface area contributed by atoms with E-state index in [1.165, 1.54) is 30.0 Å². The summed E-state index contributed by atoms with van der Waals surface area (Å²) in [6.45, 7) is 13.7. The number of rotatable bonds is 21. The van der Waals surface area contributed by atoms with E-state index in [0.717, 1.165) is 16.7 Å². The van der Waals surface area contributed by atoms with Crippen molar-refractivity contribution in [3.05, 3.63) is 150 Å². The molecule has 16 heteroatoms. The Morgan fingerprint density at radius 1 is 0.652 bits per heavy atom. The van der Waals surface area contributed by atoms with Crippen molar-refractivity contribution in [3.8, 4) is 5.75 Å². The van der Waals surface area contributed by atoms with E-state index in [2.05, 4.69) is 27.8 Å². The predicted molar refractivity (Wildman–Crippen MR) is 254 cm³/mol. The van der Waals surface area contributed by atoms with E-state index >= 15 is 0 Å². The molecule has 0 saturated heterocycles. The molecule has 0 radical (unpaired) electrons. The lowest BCUT2D eigenvalue weighted by Gasteiger charge is -2.36. The quantitative estimate of drug-likeness (QED) is 0.0184. The van der Waals surface area contributed by atoms with Crippen molar-refractivity contribution in [1.29, 1.82) is 0 Å². The topological polar surface area (TPSA) is 213 Å². The number of hydrogen-bond donors (Lipinski definition) is 5. The molecule has 66 heavy (non-hydrogen) atoms. The van der Waals surface area contributed by atoms with Crippen molar-refractivity contribution >= 4 is 47.8 Å². The number of nitrogens with two attached hydrogens (primary N) is 1. The number of esters is 1. The van der Waals surface area contributed by atoms with Crippen LogP contribution in [0.3, 0.4) is 0 Å². The number of ether oxygens (including phenoxy) is 4. The van der Waals surface area contributed by atoms with Crippen LogP contribution in [0.5, 0.6) is 5.75 Å². The van der Waals surface area contributed by atoms with Crippen molar-refractivity contribution in [1.82, 2.24) is 21.3 Å². The van der Waals surface area contributed by atoms with E-state index < -0.39 is 70.1 Å². The number of hydrogen-bond acceptors (Lipinski definition) is 11. The fourth-order valence-electron chi connectivity index (χ4n) is 6.62. The fourth-order valence-corrected chi connectivity index (χ4v) is 8.19. The number of nitrogens with one attached hydrogen (secondary N) is 4. The SMILES string of the molecule is C=CCOC(=O)C(Cc1ccc(OC(=O)NCCCC(NC(=O)OC(C)(C)C)C(=O)NC(CSC(c2ccccc2)(c2ccccc2)c2ccccc2)C(N)=O)cc1)NC(=O)OC(C)(C)C. The van der Waals surface area contributed by atoms with Crippen LogP contribution in [0.15, 0.2) is 128 Å². The third kappa shape index (κ3) is 16.6. The van der Waals surface area contributed by atoms with Crippen LogP contribution in [0.4, 0.5) is 14.4 Å². The van der Waals surface area contributed by atoms with Crippen LogP contribution in [0.25, 0.3) is 0 Å². The van der Waals surface area contributed by atoms with Gasteiger partial charge in [0.2, 0.25) is 11.8 Å². The molecule has 352 valence electrons. The van der Waals surface area contributed by atoms with Crippen LogP contribution in [-0.4, -0.2) is 84.3 Å². The molecule has 3 atom stereocenters. The largest absolute Gasteiger partial charge is 0.460 e. The maximum Gasteiger partial charge on any atom is 0.412 e. The van der Waals surface area contributed by atoms with Gasteiger partial charge in [0.25, 0.3) is 0 Å². The summed E-state index contributed by atoms with van der Waals surface area (Å²) < 4.78 is 20.5. The van der Waals surface area contributed by atoms with Crippen LogP contribution in [0.2, 0.25) is 0 Å². The first-order valence-corrected chi connectivity index (χ1v) is 22.5. The first-order chi connectivity index (χ1) is 31.3. The van der Waals surface area contributed by atoms with Crippen molar-refractivity contribution < 1.29 is 47.7 Å². The first-order valence-electron chi connectivity index (χ1n) is 21.5. The lowest BCUT2D eigenvalue weighted by Crippen LogP contribution is -2.54. The zero-order chi connectivity index (χ0) is 48.3. The summed E-state index contributed by atoms with van der Waals surface area (Å²) in [5, 5.41) is 10.6. The third-order valence-electron chi connectivity index (χ3n) is 9.51. The first kappa shape index (κ1) is 51.8. The Kier molecular flexibility index (Phi) is 19.2. The van der Waals surface area contributed by atoms with E-state index in [9.17, 15) is 28.8 Å². The lowest BCUT2D eigenvalue weighted by molar-refractivity contribution is -0.144. The highest BCUT2D eigenvalue weighted by Crippen LogP contribution is 2.48. The van der Waals surface area contributed by atoms with Crippen molar-refractivity contribution in [2.45, 2.75) is 94.9 Å². The number of thioether (sulfide) groups is 1. The summed E-state index contributed by atoms with van der Waals surface area (Å²) in [6.07, 6.45) is -0.716. The van der Waals surface area contributed by atoms with Gasteiger partial charge in [-0.1, -0.05) is 116 Å². The van der Waals surface area contributed by atoms with Gasteiger partial charge in [-0.3, -0.25) is 9.59 Å². The van der Waals surface area contributed by atoms with Crippen LogP contribution >= 0.6 is 11.8 Å². The van der Waals surface area contributed by atoms with Crippen LogP contribution in [-0.2, 0) is 39.8 Å². The Bertz CT molecular complexity index is 2130. The van der Waals surface area contributed by atoms with Crippen molar-refractivity contribution in [3.63, 3.8) is 0 Å². The minimum Gasteiger partial charge on any atom is -0.460 e. The summed E-state index contributed by atoms with van der Waals surface area (Å²) in [4.78, 5) is 78.0. The second kappa shape index (κ2) is 24.5. The Morgan fingerprint density at radius 2 is 1.14 bits per heavy atom. The summed E-state index contributed by atoms with van der Waals surface area (Å²) >= 11 is 1.45. The van der Waals surface area contributed by atoms with Gasteiger partial charge in [0, 0.05) is 18.7 Å². The molecule has 0 saturated carbocycles. The van der Waals surface area contributed by atoms with E-state index in [-0.39, 0.29) is 43.9 Å². The number of carbonyl (C=O) groups is 6. The number of carbonyl (C=O) groups excluding carboxylic acids is 6. The standard InChI is InChI=1S/C50H61N5O10S/c1-8-31-62-44(58)40(55-47(61)65-49(5,6)7)32-34-26-28-38(29-27-34)63-45(59)52-30-18-25-39(54-46(60)64-48(2,3)4)43(57)53-41(42(51)56)33-66-50(35-19-12-9-13-20-35,36-21-14-10-15-22-36)37-23-16-11-17-24-37/h8-17,19-24,26-29,39-41H,1,18,25,30-33H2,2-7H3,(H2,51,56)(H,52,59)(H,53,57)(H,54,60)(H,55,61). The highest BCUT2D eigenvalue weighted by Gasteiger charge is 2.39. The third-order valence-corrected chi connectivity index (χ3v) is 11.1. The van der Waals surface area contributed by atoms with E-state index in [0.29, 0.717) is 5.56 Å². The van der Waals surface area contributed by atoms with Gasteiger partial charge >= 0.3 is 24.2 Å². The molecule has 0 fully saturated rings. The maximum absolute atomic E-state index is 14.0. The second-order valence-electron chi connectivity index (χ2n) is 17.2. The maximum atomic E-state index is 14.0. The fraction of sp³-hybridized carbons (Fsp3) is 0.360. The molecule has 0 aliphatic heterocycles. The summed E-state index contributed by atoms with van der Waals surface area (Å²) in [7, 11) is 0. The number of alkyl carbamates (subject to hydrolysis) is 2. The predicted octanol–water partition coefficient (Wildman–Crippen LogP) is 7.31. The Labute approximate surface area is 390 Å². The summed E-state index contributed by atoms with van der Waals surface area (Å²) in [5.74, 6) is -1.86. The lowest BCUT2D eigenvalue weighted by atomic mass is 9.84. The monoisotopic (exact) mass is 923 g/mol. The highest BCUT2D eigenvalue weighted by atomic mass is 32.2. The normalized spacial score (nSPS) is 12.8. The second-order valence-corrected chi connectivity index (χ2v) is 18.4. The van der Waals surface area contributed by atoms with E-state index in [1.807, 2.05) is 91.0 Å². The van der Waals surface area contributed by atoms with Crippen molar-refractivity contribution in [2.24, 2.45) is 5.73 Å². The molecule has 0 aromatic heterocycles. The minimum absolute atomic E-state index is 0.0361. The highest BCUT2D eigenvalue weighted by molar-refractivity contribution is 8.00. The van der Waals surface area contributed by atoms with Crippen LogP contribution in [0.1, 0.15) is 76.6 Å². The molecule has 0 bridgehead atoms. The number of amides is 5. The van der Waals surface area contributed by atoms with Gasteiger partial charge in [0.05, 0.1) is 4.75 Å². The average molecular weight is 924 g/mol. The van der Waals surface area contributed by atoms with Gasteiger partial charge in [-0.25, -0.2) is 19.2 Å². The van der Waals surface area contributed by atoms with Crippen molar-refractivity contribution in [2.75, 3.05) is 18.9 Å². The van der Waals surface area contributed by atoms with Gasteiger partial charge in [-0.2, -0.15) is 0 Å². The molecule has 3 unspecified atom stereocenters. The number of benzene rings is 4.